The van der Waals surface area contributed by atoms with Gasteiger partial charge >= 0.3 is 5.69 Å². The molecule has 25 heavy (non-hydrogen) atoms. The number of amides is 1. The second kappa shape index (κ2) is 7.91. The first-order chi connectivity index (χ1) is 11.9. The number of aryl methyl sites for hydroxylation is 2. The Kier molecular flexibility index (Phi) is 5.67. The van der Waals surface area contributed by atoms with Crippen LogP contribution in [0.1, 0.15) is 16.7 Å². The Labute approximate surface area is 143 Å². The number of nitro benzene ring substituents is 1. The average Bonchev–Trinajstić information content (AvgIpc) is 2.55. The lowest BCUT2D eigenvalue weighted by Crippen LogP contribution is -2.24. The smallest absolute Gasteiger partial charge is 0.311 e. The highest BCUT2D eigenvalue weighted by Crippen LogP contribution is 2.27. The van der Waals surface area contributed by atoms with Gasteiger partial charge in [-0.1, -0.05) is 23.8 Å². The number of rotatable bonds is 6. The van der Waals surface area contributed by atoms with Crippen molar-refractivity contribution in [1.29, 1.82) is 0 Å². The van der Waals surface area contributed by atoms with Gasteiger partial charge in [-0.05, 0) is 31.5 Å². The Bertz CT molecular complexity index is 833. The second-order valence-electron chi connectivity index (χ2n) is 5.32. The maximum atomic E-state index is 11.7. The van der Waals surface area contributed by atoms with E-state index in [1.54, 1.807) is 6.07 Å². The van der Waals surface area contributed by atoms with Crippen LogP contribution in [0.2, 0.25) is 0 Å². The van der Waals surface area contributed by atoms with E-state index in [2.05, 4.69) is 10.5 Å². The van der Waals surface area contributed by atoms with Gasteiger partial charge in [0.2, 0.25) is 5.75 Å². The zero-order valence-corrected chi connectivity index (χ0v) is 13.7. The van der Waals surface area contributed by atoms with Gasteiger partial charge in [0.05, 0.1) is 11.1 Å². The molecule has 1 amide bonds. The Morgan fingerprint density at radius 2 is 2.12 bits per heavy atom. The fourth-order valence-corrected chi connectivity index (χ4v) is 2.11. The number of phenols is 1. The highest BCUT2D eigenvalue weighted by molar-refractivity contribution is 5.87. The third-order valence-corrected chi connectivity index (χ3v) is 3.32. The molecule has 0 aliphatic carbocycles. The first-order valence-electron chi connectivity index (χ1n) is 7.37. The van der Waals surface area contributed by atoms with Crippen LogP contribution in [0.3, 0.4) is 0 Å². The van der Waals surface area contributed by atoms with E-state index < -0.39 is 22.3 Å². The fourth-order valence-electron chi connectivity index (χ4n) is 2.11. The third kappa shape index (κ3) is 4.77. The zero-order valence-electron chi connectivity index (χ0n) is 13.7. The predicted molar refractivity (Wildman–Crippen MR) is 91.9 cm³/mol. The van der Waals surface area contributed by atoms with E-state index in [1.165, 1.54) is 18.2 Å². The van der Waals surface area contributed by atoms with E-state index >= 15 is 0 Å². The molecule has 0 fully saturated rings. The summed E-state index contributed by atoms with van der Waals surface area (Å²) in [6, 6.07) is 9.61. The van der Waals surface area contributed by atoms with Crippen molar-refractivity contribution in [3.63, 3.8) is 0 Å². The Hall–Kier alpha value is -3.42. The van der Waals surface area contributed by atoms with Crippen LogP contribution in [0.15, 0.2) is 41.5 Å². The van der Waals surface area contributed by atoms with Gasteiger partial charge in [-0.3, -0.25) is 14.9 Å². The maximum absolute atomic E-state index is 11.7. The van der Waals surface area contributed by atoms with Gasteiger partial charge in [-0.25, -0.2) is 5.43 Å². The van der Waals surface area contributed by atoms with Gasteiger partial charge in [-0.15, -0.1) is 0 Å². The molecule has 0 aromatic heterocycles. The number of ether oxygens (including phenoxy) is 1. The lowest BCUT2D eigenvalue weighted by Gasteiger charge is -2.08. The monoisotopic (exact) mass is 343 g/mol. The third-order valence-electron chi connectivity index (χ3n) is 3.32. The van der Waals surface area contributed by atoms with Crippen molar-refractivity contribution in [2.75, 3.05) is 6.61 Å². The molecule has 8 heteroatoms. The molecule has 2 aromatic rings. The number of nitrogens with zero attached hydrogens (tertiary/aromatic N) is 2. The van der Waals surface area contributed by atoms with E-state index in [4.69, 9.17) is 4.74 Å². The molecule has 130 valence electrons. The molecule has 0 bridgehead atoms. The minimum absolute atomic E-state index is 0.116. The van der Waals surface area contributed by atoms with E-state index in [1.807, 2.05) is 26.0 Å². The zero-order chi connectivity index (χ0) is 18.4. The van der Waals surface area contributed by atoms with Crippen molar-refractivity contribution in [1.82, 2.24) is 5.43 Å². The number of carbonyl (C=O) groups excluding carboxylic acids is 1. The van der Waals surface area contributed by atoms with Crippen molar-refractivity contribution in [3.8, 4) is 11.5 Å². The highest BCUT2D eigenvalue weighted by Gasteiger charge is 2.15. The molecule has 8 nitrogen and oxygen atoms in total. The molecule has 0 spiro atoms. The number of carbonyl (C=O) groups is 1. The molecule has 0 aliphatic rings. The normalized spacial score (nSPS) is 10.6. The second-order valence-corrected chi connectivity index (χ2v) is 5.32. The van der Waals surface area contributed by atoms with E-state index in [-0.39, 0.29) is 12.2 Å². The number of phenolic OH excluding ortho intramolecular Hbond substituents is 1. The first-order valence-corrected chi connectivity index (χ1v) is 7.37. The Balaban J connectivity index is 1.93. The average molecular weight is 343 g/mol. The Morgan fingerprint density at radius 1 is 1.36 bits per heavy atom. The van der Waals surface area contributed by atoms with E-state index in [0.29, 0.717) is 5.75 Å². The summed E-state index contributed by atoms with van der Waals surface area (Å²) in [7, 11) is 0. The quantitative estimate of drug-likeness (QED) is 0.475. The number of hydrogen-bond donors (Lipinski definition) is 2. The van der Waals surface area contributed by atoms with Gasteiger partial charge in [0.15, 0.2) is 6.61 Å². The maximum Gasteiger partial charge on any atom is 0.311 e. The predicted octanol–water partition coefficient (Wildman–Crippen LogP) is 2.45. The van der Waals surface area contributed by atoms with Crippen molar-refractivity contribution in [3.05, 3.63) is 63.2 Å². The van der Waals surface area contributed by atoms with Crippen LogP contribution in [0.25, 0.3) is 0 Å². The minimum Gasteiger partial charge on any atom is -0.502 e. The molecule has 0 radical (unpaired) electrons. The van der Waals surface area contributed by atoms with Crippen molar-refractivity contribution in [2.45, 2.75) is 13.8 Å². The summed E-state index contributed by atoms with van der Waals surface area (Å²) in [6.45, 7) is 3.60. The summed E-state index contributed by atoms with van der Waals surface area (Å²) >= 11 is 0. The van der Waals surface area contributed by atoms with Crippen LogP contribution in [-0.4, -0.2) is 28.8 Å². The molecular formula is C17H17N3O5. The van der Waals surface area contributed by atoms with Gasteiger partial charge in [0.1, 0.15) is 5.75 Å². The highest BCUT2D eigenvalue weighted by atomic mass is 16.6. The van der Waals surface area contributed by atoms with Gasteiger partial charge in [0, 0.05) is 11.6 Å². The van der Waals surface area contributed by atoms with Crippen LogP contribution in [-0.2, 0) is 4.79 Å². The summed E-state index contributed by atoms with van der Waals surface area (Å²) in [6.07, 6.45) is 1.12. The van der Waals surface area contributed by atoms with Gasteiger partial charge in [-0.2, -0.15) is 5.10 Å². The molecular weight excluding hydrogens is 326 g/mol. The van der Waals surface area contributed by atoms with E-state index in [9.17, 15) is 20.0 Å². The Morgan fingerprint density at radius 3 is 2.80 bits per heavy atom. The molecule has 2 rings (SSSR count). The van der Waals surface area contributed by atoms with Crippen LogP contribution in [0.5, 0.6) is 11.5 Å². The first kappa shape index (κ1) is 17.9. The number of benzene rings is 2. The van der Waals surface area contributed by atoms with E-state index in [0.717, 1.165) is 17.3 Å². The molecule has 0 unspecified atom stereocenters. The number of nitro groups is 1. The number of nitrogens with one attached hydrogen (secondary N) is 1. The topological polar surface area (TPSA) is 114 Å². The summed E-state index contributed by atoms with van der Waals surface area (Å²) < 4.78 is 5.41. The molecule has 0 saturated carbocycles. The lowest BCUT2D eigenvalue weighted by molar-refractivity contribution is -0.385. The number of aromatic hydroxyl groups is 1. The standard InChI is InChI=1S/C17H17N3O5/c1-11-6-7-15(12(2)8-11)25-10-16(21)19-18-9-13-4-3-5-14(17(13)22)20(23)24/h3-9,22H,10H2,1-2H3,(H,19,21)/b18-9-. The molecule has 2 aromatic carbocycles. The molecule has 0 saturated heterocycles. The SMILES string of the molecule is Cc1ccc(OCC(=O)N/N=C\c2cccc([N+](=O)[O-])c2O)c(C)c1. The number of para-hydroxylation sites is 1. The van der Waals surface area contributed by atoms with Gasteiger partial charge in [0.25, 0.3) is 5.91 Å². The number of hydrazone groups is 1. The van der Waals surface area contributed by atoms with Crippen LogP contribution >= 0.6 is 0 Å². The lowest BCUT2D eigenvalue weighted by atomic mass is 10.1. The summed E-state index contributed by atoms with van der Waals surface area (Å²) in [5.41, 5.74) is 3.92. The molecule has 0 heterocycles. The van der Waals surface area contributed by atoms with Crippen LogP contribution < -0.4 is 10.2 Å². The summed E-state index contributed by atoms with van der Waals surface area (Å²) in [5.74, 6) is -0.417. The van der Waals surface area contributed by atoms with Crippen LogP contribution in [0.4, 0.5) is 5.69 Å². The number of hydrogen-bond acceptors (Lipinski definition) is 6. The van der Waals surface area contributed by atoms with Crippen LogP contribution in [0, 0.1) is 24.0 Å². The summed E-state index contributed by atoms with van der Waals surface area (Å²) in [5, 5.41) is 24.2. The molecule has 0 atom stereocenters. The van der Waals surface area contributed by atoms with Crippen molar-refractivity contribution >= 4 is 17.8 Å². The largest absolute Gasteiger partial charge is 0.502 e. The fraction of sp³-hybridized carbons (Fsp3) is 0.176. The minimum atomic E-state index is -0.705. The van der Waals surface area contributed by atoms with Crippen molar-refractivity contribution < 1.29 is 19.6 Å². The van der Waals surface area contributed by atoms with Gasteiger partial charge < -0.3 is 9.84 Å². The van der Waals surface area contributed by atoms with Crippen molar-refractivity contribution in [2.24, 2.45) is 5.10 Å². The molecule has 2 N–H and O–H groups in total. The summed E-state index contributed by atoms with van der Waals surface area (Å²) in [4.78, 5) is 21.8. The molecule has 0 aliphatic heterocycles.